The molecule has 0 radical (unpaired) electrons. The zero-order chi connectivity index (χ0) is 11.6. The van der Waals surface area contributed by atoms with E-state index in [1.54, 1.807) is 20.8 Å². The number of hydrogen-bond acceptors (Lipinski definition) is 4. The van der Waals surface area contributed by atoms with Crippen molar-refractivity contribution in [3.05, 3.63) is 0 Å². The molecule has 84 valence electrons. The van der Waals surface area contributed by atoms with E-state index in [1.165, 1.54) is 4.90 Å². The maximum absolute atomic E-state index is 11.6. The highest BCUT2D eigenvalue weighted by Crippen LogP contribution is 2.20. The molecule has 1 fully saturated rings. The number of nitrogens with zero attached hydrogens (tertiary/aromatic N) is 2. The molecule has 2 atom stereocenters. The van der Waals surface area contributed by atoms with Crippen LogP contribution in [-0.2, 0) is 4.74 Å². The first kappa shape index (κ1) is 11.8. The lowest BCUT2D eigenvalue weighted by atomic mass is 10.2. The number of ether oxygens (including phenoxy) is 1. The molecule has 0 aromatic carbocycles. The zero-order valence-electron chi connectivity index (χ0n) is 9.23. The highest BCUT2D eigenvalue weighted by Gasteiger charge is 2.36. The molecule has 0 aliphatic carbocycles. The number of aliphatic hydroxyl groups is 1. The van der Waals surface area contributed by atoms with Crippen LogP contribution in [0.3, 0.4) is 0 Å². The van der Waals surface area contributed by atoms with Crippen LogP contribution in [-0.4, -0.2) is 40.4 Å². The molecule has 1 heterocycles. The van der Waals surface area contributed by atoms with Crippen LogP contribution in [0.5, 0.6) is 0 Å². The van der Waals surface area contributed by atoms with Crippen LogP contribution >= 0.6 is 0 Å². The van der Waals surface area contributed by atoms with Gasteiger partial charge in [-0.3, -0.25) is 4.90 Å². The second-order valence-corrected chi connectivity index (χ2v) is 4.67. The number of amides is 1. The van der Waals surface area contributed by atoms with Gasteiger partial charge in [-0.1, -0.05) is 0 Å². The topological polar surface area (TPSA) is 73.6 Å². The van der Waals surface area contributed by atoms with Crippen molar-refractivity contribution in [2.45, 2.75) is 44.9 Å². The first-order valence-electron chi connectivity index (χ1n) is 4.91. The molecule has 1 aliphatic heterocycles. The Morgan fingerprint density at radius 3 is 2.67 bits per heavy atom. The second-order valence-electron chi connectivity index (χ2n) is 4.67. The average molecular weight is 212 g/mol. The molecular formula is C10H16N2O3. The Hall–Kier alpha value is -1.28. The van der Waals surface area contributed by atoms with E-state index < -0.39 is 23.8 Å². The lowest BCUT2D eigenvalue weighted by Crippen LogP contribution is -2.39. The standard InChI is InChI=1S/C10H16N2O3/c1-10(2,3)15-9(14)12-6-8(13)4-7(12)5-11/h7-8,13H,4,6H2,1-3H3/t7-,8?/m0/s1. The Morgan fingerprint density at radius 1 is 1.60 bits per heavy atom. The summed E-state index contributed by atoms with van der Waals surface area (Å²) in [6, 6.07) is 1.40. The van der Waals surface area contributed by atoms with Crippen molar-refractivity contribution in [1.82, 2.24) is 4.90 Å². The number of carbonyl (C=O) groups excluding carboxylic acids is 1. The Kier molecular flexibility index (Phi) is 3.20. The van der Waals surface area contributed by atoms with Crippen molar-refractivity contribution in [2.24, 2.45) is 0 Å². The molecule has 0 bridgehead atoms. The van der Waals surface area contributed by atoms with Gasteiger partial charge in [-0.25, -0.2) is 4.79 Å². The van der Waals surface area contributed by atoms with Gasteiger partial charge in [-0.2, -0.15) is 5.26 Å². The molecule has 5 heteroatoms. The highest BCUT2D eigenvalue weighted by molar-refractivity contribution is 5.69. The van der Waals surface area contributed by atoms with Gasteiger partial charge >= 0.3 is 6.09 Å². The minimum Gasteiger partial charge on any atom is -0.444 e. The van der Waals surface area contributed by atoms with Crippen LogP contribution in [0.15, 0.2) is 0 Å². The Balaban J connectivity index is 2.64. The van der Waals surface area contributed by atoms with Crippen LogP contribution in [0.2, 0.25) is 0 Å². The van der Waals surface area contributed by atoms with Gasteiger partial charge in [0.1, 0.15) is 11.6 Å². The number of carbonyl (C=O) groups is 1. The predicted molar refractivity (Wildman–Crippen MR) is 53.0 cm³/mol. The molecule has 15 heavy (non-hydrogen) atoms. The smallest absolute Gasteiger partial charge is 0.411 e. The third-order valence-corrected chi connectivity index (χ3v) is 2.06. The summed E-state index contributed by atoms with van der Waals surface area (Å²) in [4.78, 5) is 12.9. The largest absolute Gasteiger partial charge is 0.444 e. The molecule has 1 unspecified atom stereocenters. The van der Waals surface area contributed by atoms with Gasteiger partial charge in [-0.15, -0.1) is 0 Å². The third-order valence-electron chi connectivity index (χ3n) is 2.06. The van der Waals surface area contributed by atoms with Crippen molar-refractivity contribution < 1.29 is 14.6 Å². The molecule has 1 N–H and O–H groups in total. The lowest BCUT2D eigenvalue weighted by molar-refractivity contribution is 0.0238. The molecule has 0 aromatic rings. The van der Waals surface area contributed by atoms with Crippen molar-refractivity contribution in [3.63, 3.8) is 0 Å². The van der Waals surface area contributed by atoms with Gasteiger partial charge in [0.05, 0.1) is 18.7 Å². The third kappa shape index (κ3) is 3.10. The monoisotopic (exact) mass is 212 g/mol. The molecule has 1 amide bonds. The first-order valence-corrected chi connectivity index (χ1v) is 4.91. The fourth-order valence-corrected chi connectivity index (χ4v) is 1.46. The van der Waals surface area contributed by atoms with Crippen LogP contribution in [0.25, 0.3) is 0 Å². The first-order chi connectivity index (χ1) is 6.83. The Labute approximate surface area is 89.2 Å². The summed E-state index contributed by atoms with van der Waals surface area (Å²) >= 11 is 0. The highest BCUT2D eigenvalue weighted by atomic mass is 16.6. The molecule has 0 aromatic heterocycles. The predicted octanol–water partition coefficient (Wildman–Crippen LogP) is 0.880. The number of likely N-dealkylation sites (tertiary alicyclic amines) is 1. The van der Waals surface area contributed by atoms with E-state index in [9.17, 15) is 9.90 Å². The fourth-order valence-electron chi connectivity index (χ4n) is 1.46. The number of hydrogen-bond donors (Lipinski definition) is 1. The van der Waals surface area contributed by atoms with Crippen LogP contribution in [0.4, 0.5) is 4.79 Å². The molecule has 1 aliphatic rings. The summed E-state index contributed by atoms with van der Waals surface area (Å²) in [5.41, 5.74) is -0.579. The number of aliphatic hydroxyl groups excluding tert-OH is 1. The summed E-state index contributed by atoms with van der Waals surface area (Å²) < 4.78 is 5.13. The number of rotatable bonds is 0. The van der Waals surface area contributed by atoms with Crippen molar-refractivity contribution in [2.75, 3.05) is 6.54 Å². The van der Waals surface area contributed by atoms with Gasteiger partial charge in [0.2, 0.25) is 0 Å². The van der Waals surface area contributed by atoms with Crippen LogP contribution < -0.4 is 0 Å². The zero-order valence-corrected chi connectivity index (χ0v) is 9.23. The van der Waals surface area contributed by atoms with Crippen LogP contribution in [0.1, 0.15) is 27.2 Å². The van der Waals surface area contributed by atoms with E-state index in [4.69, 9.17) is 10.00 Å². The van der Waals surface area contributed by atoms with Gasteiger partial charge in [0.25, 0.3) is 0 Å². The van der Waals surface area contributed by atoms with E-state index in [2.05, 4.69) is 0 Å². The number of nitriles is 1. The quantitative estimate of drug-likeness (QED) is 0.647. The fraction of sp³-hybridized carbons (Fsp3) is 0.800. The molecule has 1 rings (SSSR count). The molecular weight excluding hydrogens is 196 g/mol. The van der Waals surface area contributed by atoms with Crippen molar-refractivity contribution in [1.29, 1.82) is 5.26 Å². The lowest BCUT2D eigenvalue weighted by Gasteiger charge is -2.25. The Morgan fingerprint density at radius 2 is 2.20 bits per heavy atom. The summed E-state index contributed by atoms with van der Waals surface area (Å²) in [5.74, 6) is 0. The minimum absolute atomic E-state index is 0.174. The van der Waals surface area contributed by atoms with E-state index in [0.717, 1.165) is 0 Å². The SMILES string of the molecule is CC(C)(C)OC(=O)N1CC(O)C[C@H]1C#N. The van der Waals surface area contributed by atoms with Gasteiger partial charge in [0, 0.05) is 6.42 Å². The van der Waals surface area contributed by atoms with Gasteiger partial charge < -0.3 is 9.84 Å². The molecule has 0 saturated carbocycles. The maximum atomic E-state index is 11.6. The maximum Gasteiger partial charge on any atom is 0.411 e. The van der Waals surface area contributed by atoms with Crippen molar-refractivity contribution in [3.8, 4) is 6.07 Å². The summed E-state index contributed by atoms with van der Waals surface area (Å²) in [6.07, 6.45) is -0.858. The Bertz CT molecular complexity index is 290. The second kappa shape index (κ2) is 4.07. The van der Waals surface area contributed by atoms with E-state index >= 15 is 0 Å². The van der Waals surface area contributed by atoms with Gasteiger partial charge in [-0.05, 0) is 20.8 Å². The van der Waals surface area contributed by atoms with E-state index in [-0.39, 0.29) is 6.54 Å². The molecule has 5 nitrogen and oxygen atoms in total. The minimum atomic E-state index is -0.623. The molecule has 0 spiro atoms. The van der Waals surface area contributed by atoms with Gasteiger partial charge in [0.15, 0.2) is 0 Å². The van der Waals surface area contributed by atoms with E-state index in [1.807, 2.05) is 6.07 Å². The normalized spacial score (nSPS) is 26.2. The van der Waals surface area contributed by atoms with E-state index in [0.29, 0.717) is 6.42 Å². The molecule has 1 saturated heterocycles. The summed E-state index contributed by atoms with van der Waals surface area (Å²) in [6.45, 7) is 5.46. The van der Waals surface area contributed by atoms with Crippen LogP contribution in [0, 0.1) is 11.3 Å². The summed E-state index contributed by atoms with van der Waals surface area (Å²) in [5, 5.41) is 18.1. The summed E-state index contributed by atoms with van der Waals surface area (Å²) in [7, 11) is 0. The average Bonchev–Trinajstić information content (AvgIpc) is 2.43. The number of β-amino-alcohol motifs (C(OH)–C–C–N with tert-alkyl or cyclic N) is 1. The van der Waals surface area contributed by atoms with Crippen molar-refractivity contribution >= 4 is 6.09 Å².